The predicted octanol–water partition coefficient (Wildman–Crippen LogP) is 2.05. The van der Waals surface area contributed by atoms with Crippen LogP contribution in [0.3, 0.4) is 0 Å². The van der Waals surface area contributed by atoms with Gasteiger partial charge in [-0.25, -0.2) is 4.79 Å². The molecule has 3 atom stereocenters. The minimum absolute atomic E-state index is 0.116. The van der Waals surface area contributed by atoms with Gasteiger partial charge in [0.25, 0.3) is 0 Å². The zero-order chi connectivity index (χ0) is 18.1. The Kier molecular flexibility index (Phi) is 11.4. The summed E-state index contributed by atoms with van der Waals surface area (Å²) in [6, 6.07) is 0. The fourth-order valence-corrected chi connectivity index (χ4v) is 1.41. The number of carbonyl (C=O) groups is 1. The number of aliphatic hydroxyl groups excluding tert-OH is 2. The van der Waals surface area contributed by atoms with Crippen molar-refractivity contribution in [3.63, 3.8) is 0 Å². The molecule has 0 aromatic heterocycles. The summed E-state index contributed by atoms with van der Waals surface area (Å²) < 4.78 is 9.49. The summed E-state index contributed by atoms with van der Waals surface area (Å²) in [5.41, 5.74) is -0.446. The summed E-state index contributed by atoms with van der Waals surface area (Å²) in [4.78, 5) is 9.60. The minimum atomic E-state index is -0.935. The Bertz CT molecular complexity index is 322. The molecule has 1 aliphatic rings. The van der Waals surface area contributed by atoms with Crippen molar-refractivity contribution in [1.82, 2.24) is 0 Å². The lowest BCUT2D eigenvalue weighted by Gasteiger charge is -2.36. The molecule has 1 fully saturated rings. The molecule has 6 nitrogen and oxygen atoms in total. The van der Waals surface area contributed by atoms with Crippen molar-refractivity contribution in [1.29, 1.82) is 0 Å². The van der Waals surface area contributed by atoms with Crippen LogP contribution in [0.2, 0.25) is 0 Å². The first-order valence-corrected chi connectivity index (χ1v) is 7.27. The Morgan fingerprint density at radius 2 is 1.68 bits per heavy atom. The maximum Gasteiger partial charge on any atom is 0.330 e. The maximum atomic E-state index is 9.72. The van der Waals surface area contributed by atoms with E-state index in [4.69, 9.17) is 14.6 Å². The number of methoxy groups -OCH3 is 1. The summed E-state index contributed by atoms with van der Waals surface area (Å²) in [5.74, 6) is -0.820. The summed E-state index contributed by atoms with van der Waals surface area (Å²) >= 11 is 0. The lowest BCUT2D eigenvalue weighted by molar-refractivity contribution is -0.187. The van der Waals surface area contributed by atoms with Gasteiger partial charge in [-0.1, -0.05) is 34.3 Å². The largest absolute Gasteiger partial charge is 0.478 e. The monoisotopic (exact) mass is 320 g/mol. The topological polar surface area (TPSA) is 99.5 Å². The molecule has 1 heterocycles. The van der Waals surface area contributed by atoms with Gasteiger partial charge in [0, 0.05) is 18.1 Å². The molecule has 132 valence electrons. The van der Waals surface area contributed by atoms with Crippen LogP contribution in [0.5, 0.6) is 0 Å². The number of aliphatic hydroxyl groups is 2. The highest BCUT2D eigenvalue weighted by Crippen LogP contribution is 2.30. The van der Waals surface area contributed by atoms with Crippen LogP contribution in [0.1, 0.15) is 41.5 Å². The number of aliphatic carboxylic acids is 1. The number of rotatable bonds is 5. The van der Waals surface area contributed by atoms with Gasteiger partial charge in [-0.3, -0.25) is 0 Å². The summed E-state index contributed by atoms with van der Waals surface area (Å²) in [7, 11) is 1.43. The Labute approximate surface area is 133 Å². The van der Waals surface area contributed by atoms with E-state index in [1.165, 1.54) is 14.0 Å². The molecule has 0 aromatic carbocycles. The molecule has 1 rings (SSSR count). The number of epoxide rings is 1. The SMILES string of the molecule is C=C(C)C(=O)O.CC1CO1.COC(O)C(C)(C)C(O)C(C)C. The fraction of sp³-hybridized carbons (Fsp3) is 0.812. The number of carboxylic acid groups (broad SMARTS) is 1. The molecule has 0 saturated carbocycles. The van der Waals surface area contributed by atoms with Crippen molar-refractivity contribution >= 4 is 5.97 Å². The molecular formula is C16H32O6. The van der Waals surface area contributed by atoms with E-state index in [0.29, 0.717) is 6.10 Å². The highest BCUT2D eigenvalue weighted by atomic mass is 16.6. The smallest absolute Gasteiger partial charge is 0.330 e. The third-order valence-corrected chi connectivity index (χ3v) is 3.12. The average molecular weight is 320 g/mol. The number of hydrogen-bond acceptors (Lipinski definition) is 5. The van der Waals surface area contributed by atoms with Gasteiger partial charge in [-0.15, -0.1) is 0 Å². The van der Waals surface area contributed by atoms with Crippen molar-refractivity contribution < 1.29 is 29.6 Å². The van der Waals surface area contributed by atoms with Crippen LogP contribution < -0.4 is 0 Å². The lowest BCUT2D eigenvalue weighted by Crippen LogP contribution is -2.44. The molecular weight excluding hydrogens is 288 g/mol. The van der Waals surface area contributed by atoms with Crippen LogP contribution in [0.4, 0.5) is 0 Å². The Morgan fingerprint density at radius 3 is 1.82 bits per heavy atom. The van der Waals surface area contributed by atoms with Gasteiger partial charge in [-0.05, 0) is 19.8 Å². The highest BCUT2D eigenvalue weighted by molar-refractivity contribution is 5.84. The van der Waals surface area contributed by atoms with Crippen molar-refractivity contribution in [3.05, 3.63) is 12.2 Å². The first-order chi connectivity index (χ1) is 9.87. The third kappa shape index (κ3) is 10.7. The van der Waals surface area contributed by atoms with Crippen LogP contribution in [0, 0.1) is 11.3 Å². The van der Waals surface area contributed by atoms with E-state index in [0.717, 1.165) is 6.61 Å². The second kappa shape index (κ2) is 10.7. The predicted molar refractivity (Wildman–Crippen MR) is 85.5 cm³/mol. The average Bonchev–Trinajstić information content (AvgIpc) is 3.20. The third-order valence-electron chi connectivity index (χ3n) is 3.12. The molecule has 0 aromatic rings. The van der Waals surface area contributed by atoms with Crippen LogP contribution in [-0.4, -0.2) is 53.5 Å². The Balaban J connectivity index is 0. The Morgan fingerprint density at radius 1 is 1.36 bits per heavy atom. The van der Waals surface area contributed by atoms with E-state index in [2.05, 4.69) is 13.5 Å². The van der Waals surface area contributed by atoms with E-state index >= 15 is 0 Å². The van der Waals surface area contributed by atoms with Crippen LogP contribution in [-0.2, 0) is 14.3 Å². The van der Waals surface area contributed by atoms with Crippen molar-refractivity contribution in [2.75, 3.05) is 13.7 Å². The summed E-state index contributed by atoms with van der Waals surface area (Å²) in [6.07, 6.45) is -0.901. The first kappa shape index (κ1) is 23.3. The molecule has 0 amide bonds. The van der Waals surface area contributed by atoms with Crippen molar-refractivity contribution in [3.8, 4) is 0 Å². The number of carboxylic acids is 1. The van der Waals surface area contributed by atoms with Gasteiger partial charge in [0.05, 0.1) is 18.8 Å². The molecule has 0 spiro atoms. The van der Waals surface area contributed by atoms with Gasteiger partial charge in [0.15, 0.2) is 6.29 Å². The van der Waals surface area contributed by atoms with Gasteiger partial charge < -0.3 is 24.8 Å². The van der Waals surface area contributed by atoms with Gasteiger partial charge >= 0.3 is 5.97 Å². The lowest BCUT2D eigenvalue weighted by atomic mass is 9.80. The molecule has 6 heteroatoms. The maximum absolute atomic E-state index is 9.72. The number of hydrogen-bond donors (Lipinski definition) is 3. The molecule has 22 heavy (non-hydrogen) atoms. The normalized spacial score (nSPS) is 19.1. The fourth-order valence-electron chi connectivity index (χ4n) is 1.41. The van der Waals surface area contributed by atoms with E-state index in [1.807, 2.05) is 13.8 Å². The molecule has 1 saturated heterocycles. The number of ether oxygens (including phenoxy) is 2. The highest BCUT2D eigenvalue weighted by Gasteiger charge is 2.37. The van der Waals surface area contributed by atoms with Crippen LogP contribution >= 0.6 is 0 Å². The quantitative estimate of drug-likeness (QED) is 0.407. The first-order valence-electron chi connectivity index (χ1n) is 7.27. The van der Waals surface area contributed by atoms with Crippen LogP contribution in [0.15, 0.2) is 12.2 Å². The van der Waals surface area contributed by atoms with Gasteiger partial charge in [0.2, 0.25) is 0 Å². The molecule has 3 unspecified atom stereocenters. The standard InChI is InChI=1S/C9H20O3.C4H6O2.C3H6O/c1-6(2)7(10)9(3,4)8(11)12-5;1-3(2)4(5)6;1-3-2-4-3/h6-8,10-11H,1-5H3;1H2,2H3,(H,5,6);3H,2H2,1H3. The zero-order valence-corrected chi connectivity index (χ0v) is 14.8. The zero-order valence-electron chi connectivity index (χ0n) is 14.8. The molecule has 0 aliphatic carbocycles. The van der Waals surface area contributed by atoms with E-state index < -0.39 is 23.8 Å². The van der Waals surface area contributed by atoms with E-state index in [-0.39, 0.29) is 11.5 Å². The second-order valence-corrected chi connectivity index (χ2v) is 6.33. The molecule has 1 aliphatic heterocycles. The summed E-state index contributed by atoms with van der Waals surface area (Å²) in [5, 5.41) is 27.0. The van der Waals surface area contributed by atoms with Gasteiger partial charge in [0.1, 0.15) is 0 Å². The van der Waals surface area contributed by atoms with E-state index in [9.17, 15) is 15.0 Å². The molecule has 3 N–H and O–H groups in total. The molecule has 0 bridgehead atoms. The second-order valence-electron chi connectivity index (χ2n) is 6.33. The van der Waals surface area contributed by atoms with Crippen molar-refractivity contribution in [2.24, 2.45) is 11.3 Å². The van der Waals surface area contributed by atoms with Crippen molar-refractivity contribution in [2.45, 2.75) is 60.0 Å². The molecule has 0 radical (unpaired) electrons. The summed E-state index contributed by atoms with van der Waals surface area (Å²) in [6.45, 7) is 15.0. The minimum Gasteiger partial charge on any atom is -0.478 e. The van der Waals surface area contributed by atoms with Gasteiger partial charge in [-0.2, -0.15) is 0 Å². The Hall–Kier alpha value is -0.950. The van der Waals surface area contributed by atoms with Crippen LogP contribution in [0.25, 0.3) is 0 Å². The van der Waals surface area contributed by atoms with E-state index in [1.54, 1.807) is 13.8 Å².